The largest absolute Gasteiger partial charge is 0.479 e. The number of nitrogens with zero attached hydrogens (tertiary/aromatic N) is 1. The van der Waals surface area contributed by atoms with Crippen molar-refractivity contribution in [1.82, 2.24) is 4.90 Å². The van der Waals surface area contributed by atoms with Gasteiger partial charge in [-0.25, -0.2) is 9.59 Å². The maximum atomic E-state index is 12.5. The van der Waals surface area contributed by atoms with Crippen LogP contribution in [0.5, 0.6) is 0 Å². The summed E-state index contributed by atoms with van der Waals surface area (Å²) in [5, 5.41) is 19.0. The summed E-state index contributed by atoms with van der Waals surface area (Å²) in [6.45, 7) is 6.86. The van der Waals surface area contributed by atoms with E-state index in [-0.39, 0.29) is 12.6 Å². The van der Waals surface area contributed by atoms with Gasteiger partial charge in [0.15, 0.2) is 6.04 Å². The molecule has 1 aliphatic rings. The molecule has 2 N–H and O–H groups in total. The number of carboxylic acids is 1. The zero-order valence-corrected chi connectivity index (χ0v) is 13.9. The summed E-state index contributed by atoms with van der Waals surface area (Å²) in [6, 6.07) is 3.83. The zero-order valence-electron chi connectivity index (χ0n) is 13.9. The fourth-order valence-corrected chi connectivity index (χ4v) is 2.86. The number of aliphatic carboxylic acids is 1. The second-order valence-electron chi connectivity index (χ2n) is 6.87. The Balaban J connectivity index is 2.46. The number of ether oxygens (including phenoxy) is 1. The summed E-state index contributed by atoms with van der Waals surface area (Å²) in [7, 11) is 0. The van der Waals surface area contributed by atoms with Gasteiger partial charge in [0.25, 0.3) is 0 Å². The first kappa shape index (κ1) is 17.3. The number of benzene rings is 1. The maximum absolute atomic E-state index is 12.5. The monoisotopic (exact) mass is 321 g/mol. The molecule has 0 aromatic heterocycles. The van der Waals surface area contributed by atoms with Gasteiger partial charge in [0.2, 0.25) is 0 Å². The highest BCUT2D eigenvalue weighted by Crippen LogP contribution is 2.35. The van der Waals surface area contributed by atoms with Crippen LogP contribution in [0, 0.1) is 0 Å². The molecule has 0 radical (unpaired) electrons. The number of carbonyl (C=O) groups excluding carboxylic acids is 1. The van der Waals surface area contributed by atoms with Crippen LogP contribution in [-0.2, 0) is 22.6 Å². The molecule has 0 saturated heterocycles. The van der Waals surface area contributed by atoms with Gasteiger partial charge < -0.3 is 14.9 Å². The van der Waals surface area contributed by atoms with Crippen LogP contribution >= 0.6 is 0 Å². The number of carbonyl (C=O) groups is 2. The Morgan fingerprint density at radius 3 is 2.52 bits per heavy atom. The van der Waals surface area contributed by atoms with E-state index < -0.39 is 23.7 Å². The summed E-state index contributed by atoms with van der Waals surface area (Å²) in [6.07, 6.45) is -0.0955. The van der Waals surface area contributed by atoms with Gasteiger partial charge in [-0.05, 0) is 50.8 Å². The highest BCUT2D eigenvalue weighted by Gasteiger charge is 2.41. The summed E-state index contributed by atoms with van der Waals surface area (Å²) in [4.78, 5) is 25.6. The second kappa shape index (κ2) is 6.20. The van der Waals surface area contributed by atoms with E-state index in [0.717, 1.165) is 5.56 Å². The first-order valence-electron chi connectivity index (χ1n) is 7.60. The van der Waals surface area contributed by atoms with Crippen molar-refractivity contribution in [3.63, 3.8) is 0 Å². The van der Waals surface area contributed by atoms with Crippen LogP contribution in [0.3, 0.4) is 0 Å². The molecule has 23 heavy (non-hydrogen) atoms. The summed E-state index contributed by atoms with van der Waals surface area (Å²) in [5.74, 6) is -1.11. The van der Waals surface area contributed by atoms with E-state index >= 15 is 0 Å². The van der Waals surface area contributed by atoms with Gasteiger partial charge in [-0.2, -0.15) is 0 Å². The van der Waals surface area contributed by atoms with Crippen LogP contribution in [0.4, 0.5) is 4.79 Å². The maximum Gasteiger partial charge on any atom is 0.411 e. The molecule has 1 amide bonds. The third-order valence-corrected chi connectivity index (χ3v) is 3.79. The standard InChI is InChI=1S/C17H23NO5/c1-10-7-12-6-5-11(9-19)8-13(12)14(15(20)21)18(10)16(22)23-17(2,3)4/h5-6,8,10,14,19H,7,9H2,1-4H3,(H,20,21)/t10-,14?/m0/s1. The van der Waals surface area contributed by atoms with E-state index in [2.05, 4.69) is 0 Å². The normalized spacial score (nSPS) is 20.8. The minimum Gasteiger partial charge on any atom is -0.479 e. The van der Waals surface area contributed by atoms with Gasteiger partial charge in [0.1, 0.15) is 5.60 Å². The molecule has 0 saturated carbocycles. The van der Waals surface area contributed by atoms with Crippen LogP contribution < -0.4 is 0 Å². The van der Waals surface area contributed by atoms with Crippen LogP contribution in [0.2, 0.25) is 0 Å². The number of amides is 1. The molecule has 6 nitrogen and oxygen atoms in total. The fourth-order valence-electron chi connectivity index (χ4n) is 2.86. The Kier molecular flexibility index (Phi) is 4.66. The minimum absolute atomic E-state index is 0.179. The fraction of sp³-hybridized carbons (Fsp3) is 0.529. The SMILES string of the molecule is C[C@H]1Cc2ccc(CO)cc2C(C(=O)O)N1C(=O)OC(C)(C)C. The first-order chi connectivity index (χ1) is 10.6. The summed E-state index contributed by atoms with van der Waals surface area (Å²) in [5.41, 5.74) is 1.33. The molecule has 1 unspecified atom stereocenters. The van der Waals surface area contributed by atoms with E-state index in [9.17, 15) is 19.8 Å². The zero-order chi connectivity index (χ0) is 17.4. The topological polar surface area (TPSA) is 87.1 Å². The molecule has 1 heterocycles. The van der Waals surface area contributed by atoms with Gasteiger partial charge in [0.05, 0.1) is 6.61 Å². The third kappa shape index (κ3) is 3.64. The van der Waals surface area contributed by atoms with Gasteiger partial charge in [0, 0.05) is 6.04 Å². The van der Waals surface area contributed by atoms with E-state index in [0.29, 0.717) is 17.5 Å². The van der Waals surface area contributed by atoms with Crippen LogP contribution in [0.25, 0.3) is 0 Å². The average Bonchev–Trinajstić information content (AvgIpc) is 2.43. The van der Waals surface area contributed by atoms with E-state index in [1.54, 1.807) is 32.9 Å². The smallest absolute Gasteiger partial charge is 0.411 e. The van der Waals surface area contributed by atoms with Crippen molar-refractivity contribution in [2.24, 2.45) is 0 Å². The van der Waals surface area contributed by atoms with Crippen LogP contribution in [0.1, 0.15) is 50.4 Å². The number of fused-ring (bicyclic) bond motifs is 1. The highest BCUT2D eigenvalue weighted by molar-refractivity contribution is 5.83. The van der Waals surface area contributed by atoms with Crippen molar-refractivity contribution in [3.05, 3.63) is 34.9 Å². The lowest BCUT2D eigenvalue weighted by Crippen LogP contribution is -2.50. The lowest BCUT2D eigenvalue weighted by molar-refractivity contribution is -0.144. The van der Waals surface area contributed by atoms with E-state index in [4.69, 9.17) is 4.74 Å². The predicted molar refractivity (Wildman–Crippen MR) is 84.0 cm³/mol. The molecule has 0 aliphatic carbocycles. The average molecular weight is 321 g/mol. The van der Waals surface area contributed by atoms with Crippen molar-refractivity contribution in [2.45, 2.75) is 58.4 Å². The Labute approximate surface area is 135 Å². The molecule has 6 heteroatoms. The Bertz CT molecular complexity index is 620. The molecule has 1 aromatic rings. The number of aliphatic hydroxyl groups excluding tert-OH is 1. The Morgan fingerprint density at radius 2 is 2.00 bits per heavy atom. The van der Waals surface area contributed by atoms with Crippen molar-refractivity contribution in [2.75, 3.05) is 0 Å². The molecule has 126 valence electrons. The number of carboxylic acid groups (broad SMARTS) is 1. The van der Waals surface area contributed by atoms with Gasteiger partial charge in [-0.15, -0.1) is 0 Å². The minimum atomic E-state index is -1.12. The van der Waals surface area contributed by atoms with Crippen molar-refractivity contribution in [3.8, 4) is 0 Å². The van der Waals surface area contributed by atoms with Gasteiger partial charge >= 0.3 is 12.1 Å². The number of hydrogen-bond donors (Lipinski definition) is 2. The lowest BCUT2D eigenvalue weighted by atomic mass is 9.87. The van der Waals surface area contributed by atoms with Crippen molar-refractivity contribution >= 4 is 12.1 Å². The van der Waals surface area contributed by atoms with Crippen molar-refractivity contribution < 1.29 is 24.5 Å². The van der Waals surface area contributed by atoms with Crippen LogP contribution in [-0.4, -0.2) is 38.8 Å². The molecule has 1 aliphatic heterocycles. The Morgan fingerprint density at radius 1 is 1.35 bits per heavy atom. The molecular weight excluding hydrogens is 298 g/mol. The van der Waals surface area contributed by atoms with E-state index in [1.165, 1.54) is 4.90 Å². The lowest BCUT2D eigenvalue weighted by Gasteiger charge is -2.40. The van der Waals surface area contributed by atoms with Gasteiger partial charge in [-0.1, -0.05) is 18.2 Å². The molecule has 0 spiro atoms. The van der Waals surface area contributed by atoms with Gasteiger partial charge in [-0.3, -0.25) is 4.90 Å². The molecule has 2 atom stereocenters. The molecule has 0 fully saturated rings. The Hall–Kier alpha value is -2.08. The number of hydrogen-bond acceptors (Lipinski definition) is 4. The quantitative estimate of drug-likeness (QED) is 0.874. The second-order valence-corrected chi connectivity index (χ2v) is 6.87. The molecular formula is C17H23NO5. The highest BCUT2D eigenvalue weighted by atomic mass is 16.6. The van der Waals surface area contributed by atoms with Crippen molar-refractivity contribution in [1.29, 1.82) is 0 Å². The first-order valence-corrected chi connectivity index (χ1v) is 7.60. The third-order valence-electron chi connectivity index (χ3n) is 3.79. The molecule has 2 rings (SSSR count). The predicted octanol–water partition coefficient (Wildman–Crippen LogP) is 2.49. The number of rotatable bonds is 2. The summed E-state index contributed by atoms with van der Waals surface area (Å²) >= 11 is 0. The van der Waals surface area contributed by atoms with E-state index in [1.807, 2.05) is 13.0 Å². The molecule has 0 bridgehead atoms. The van der Waals surface area contributed by atoms with Crippen LogP contribution in [0.15, 0.2) is 18.2 Å². The molecule has 1 aromatic carbocycles. The number of aliphatic hydroxyl groups is 1. The summed E-state index contributed by atoms with van der Waals surface area (Å²) < 4.78 is 5.37.